The standard InChI is InChI=1S/C27H44B2O5/c1-10-21(18-19-30)23(29-33-26(6,7)27(8,9)34-29)22(17-16-20-14-12-11-13-15-20)28-31-24(2,3)25(4,5)32-28/h11-15,22,30H,10,16-19H2,1-9H3/b23-21-. The van der Waals surface area contributed by atoms with E-state index in [1.54, 1.807) is 0 Å². The molecule has 0 bridgehead atoms. The van der Waals surface area contributed by atoms with Crippen LogP contribution < -0.4 is 0 Å². The highest BCUT2D eigenvalue weighted by molar-refractivity contribution is 6.61. The summed E-state index contributed by atoms with van der Waals surface area (Å²) in [7, 11) is -0.936. The quantitative estimate of drug-likeness (QED) is 0.463. The number of hydrogen-bond donors (Lipinski definition) is 1. The Balaban J connectivity index is 2.06. The minimum Gasteiger partial charge on any atom is -0.403 e. The van der Waals surface area contributed by atoms with Crippen molar-refractivity contribution in [3.05, 3.63) is 46.9 Å². The second kappa shape index (κ2) is 10.1. The highest BCUT2D eigenvalue weighted by atomic mass is 16.7. The van der Waals surface area contributed by atoms with Gasteiger partial charge in [-0.2, -0.15) is 0 Å². The van der Waals surface area contributed by atoms with E-state index in [9.17, 15) is 5.11 Å². The van der Waals surface area contributed by atoms with Gasteiger partial charge in [-0.15, -0.1) is 0 Å². The molecule has 5 nitrogen and oxygen atoms in total. The van der Waals surface area contributed by atoms with E-state index >= 15 is 0 Å². The molecule has 7 heteroatoms. The van der Waals surface area contributed by atoms with Gasteiger partial charge in [0, 0.05) is 12.4 Å². The Morgan fingerprint density at radius 1 is 0.824 bits per heavy atom. The third kappa shape index (κ3) is 5.49. The molecule has 0 saturated carbocycles. The molecule has 2 aliphatic rings. The predicted octanol–water partition coefficient (Wildman–Crippen LogP) is 5.80. The first-order valence-electron chi connectivity index (χ1n) is 12.8. The summed E-state index contributed by atoms with van der Waals surface area (Å²) in [6.45, 7) is 18.9. The van der Waals surface area contributed by atoms with Gasteiger partial charge in [0.25, 0.3) is 0 Å². The average Bonchev–Trinajstić information content (AvgIpc) is 3.09. The van der Waals surface area contributed by atoms with Crippen LogP contribution in [0.15, 0.2) is 41.4 Å². The van der Waals surface area contributed by atoms with Crippen molar-refractivity contribution in [1.29, 1.82) is 0 Å². The summed E-state index contributed by atoms with van der Waals surface area (Å²) in [5.74, 6) is -0.0718. The van der Waals surface area contributed by atoms with Crippen molar-refractivity contribution in [3.8, 4) is 0 Å². The fourth-order valence-corrected chi connectivity index (χ4v) is 4.69. The van der Waals surface area contributed by atoms with Crippen LogP contribution in [0.3, 0.4) is 0 Å². The maximum Gasteiger partial charge on any atom is 0.490 e. The molecule has 0 spiro atoms. The highest BCUT2D eigenvalue weighted by Gasteiger charge is 2.59. The van der Waals surface area contributed by atoms with Crippen LogP contribution in [0.4, 0.5) is 0 Å². The van der Waals surface area contributed by atoms with Crippen LogP contribution in [0, 0.1) is 0 Å². The van der Waals surface area contributed by atoms with Gasteiger partial charge in [0.1, 0.15) is 0 Å². The van der Waals surface area contributed by atoms with Crippen molar-refractivity contribution in [2.24, 2.45) is 0 Å². The number of benzene rings is 1. The Hall–Kier alpha value is -1.11. The molecule has 3 rings (SSSR count). The van der Waals surface area contributed by atoms with Crippen LogP contribution in [-0.2, 0) is 25.0 Å². The molecule has 1 N–H and O–H groups in total. The number of aliphatic hydroxyl groups is 1. The Labute approximate surface area is 207 Å². The molecule has 34 heavy (non-hydrogen) atoms. The van der Waals surface area contributed by atoms with Gasteiger partial charge in [-0.1, -0.05) is 42.8 Å². The van der Waals surface area contributed by atoms with Crippen molar-refractivity contribution in [1.82, 2.24) is 0 Å². The zero-order valence-corrected chi connectivity index (χ0v) is 22.7. The summed E-state index contributed by atoms with van der Waals surface area (Å²) in [6.07, 6.45) is 3.10. The fourth-order valence-electron chi connectivity index (χ4n) is 4.69. The van der Waals surface area contributed by atoms with Crippen LogP contribution in [0.25, 0.3) is 0 Å². The predicted molar refractivity (Wildman–Crippen MR) is 140 cm³/mol. The molecular formula is C27H44B2O5. The number of aliphatic hydroxyl groups excluding tert-OH is 1. The maximum absolute atomic E-state index is 9.91. The summed E-state index contributed by atoms with van der Waals surface area (Å²) in [4.78, 5) is 0. The average molecular weight is 470 g/mol. The molecule has 1 aromatic carbocycles. The highest BCUT2D eigenvalue weighted by Crippen LogP contribution is 2.48. The molecule has 0 aliphatic carbocycles. The minimum absolute atomic E-state index is 0.0718. The summed E-state index contributed by atoms with van der Waals surface area (Å²) < 4.78 is 26.4. The summed E-state index contributed by atoms with van der Waals surface area (Å²) >= 11 is 0. The monoisotopic (exact) mass is 470 g/mol. The lowest BCUT2D eigenvalue weighted by Crippen LogP contribution is -2.41. The number of hydrogen-bond acceptors (Lipinski definition) is 5. The van der Waals surface area contributed by atoms with Crippen molar-refractivity contribution in [3.63, 3.8) is 0 Å². The normalized spacial score (nSPS) is 24.3. The largest absolute Gasteiger partial charge is 0.490 e. The van der Waals surface area contributed by atoms with Crippen LogP contribution in [0.1, 0.15) is 87.1 Å². The van der Waals surface area contributed by atoms with Crippen molar-refractivity contribution in [2.75, 3.05) is 6.61 Å². The number of aryl methyl sites for hydroxylation is 1. The van der Waals surface area contributed by atoms with E-state index in [0.717, 1.165) is 30.3 Å². The third-order valence-corrected chi connectivity index (χ3v) is 8.34. The Kier molecular flexibility index (Phi) is 8.16. The molecule has 2 fully saturated rings. The maximum atomic E-state index is 9.91. The zero-order chi connectivity index (χ0) is 25.4. The van der Waals surface area contributed by atoms with E-state index in [0.29, 0.717) is 6.42 Å². The number of allylic oxidation sites excluding steroid dienone is 1. The molecule has 1 atom stereocenters. The van der Waals surface area contributed by atoms with Crippen LogP contribution in [0.5, 0.6) is 0 Å². The van der Waals surface area contributed by atoms with E-state index < -0.39 is 36.6 Å². The van der Waals surface area contributed by atoms with Gasteiger partial charge >= 0.3 is 14.2 Å². The van der Waals surface area contributed by atoms with Gasteiger partial charge in [0.05, 0.1) is 22.4 Å². The summed E-state index contributed by atoms with van der Waals surface area (Å²) in [5.41, 5.74) is 1.72. The molecule has 2 heterocycles. The van der Waals surface area contributed by atoms with Gasteiger partial charge < -0.3 is 23.7 Å². The fraction of sp³-hybridized carbons (Fsp3) is 0.704. The molecule has 0 aromatic heterocycles. The lowest BCUT2D eigenvalue weighted by atomic mass is 9.53. The van der Waals surface area contributed by atoms with Gasteiger partial charge in [0.15, 0.2) is 0 Å². The van der Waals surface area contributed by atoms with Crippen molar-refractivity contribution >= 4 is 14.2 Å². The smallest absolute Gasteiger partial charge is 0.403 e. The summed E-state index contributed by atoms with van der Waals surface area (Å²) in [5, 5.41) is 9.91. The Bertz CT molecular complexity index is 831. The van der Waals surface area contributed by atoms with Crippen LogP contribution in [-0.4, -0.2) is 48.4 Å². The molecule has 0 radical (unpaired) electrons. The Morgan fingerprint density at radius 3 is 1.79 bits per heavy atom. The first-order chi connectivity index (χ1) is 15.7. The molecule has 1 aromatic rings. The minimum atomic E-state index is -0.508. The lowest BCUT2D eigenvalue weighted by molar-refractivity contribution is 0.00578. The molecule has 2 saturated heterocycles. The molecule has 0 amide bonds. The molecule has 2 aliphatic heterocycles. The van der Waals surface area contributed by atoms with Crippen LogP contribution >= 0.6 is 0 Å². The molecule has 1 unspecified atom stereocenters. The second-order valence-corrected chi connectivity index (χ2v) is 11.7. The SMILES string of the molecule is CC/C(CCO)=C(/B1OC(C)(C)C(C)(C)O1)C(CCc1ccccc1)B1OC(C)(C)C(C)(C)O1. The van der Waals surface area contributed by atoms with Gasteiger partial charge in [-0.3, -0.25) is 0 Å². The van der Waals surface area contributed by atoms with E-state index in [1.807, 2.05) is 6.07 Å². The zero-order valence-electron chi connectivity index (χ0n) is 22.7. The van der Waals surface area contributed by atoms with Crippen molar-refractivity contribution < 1.29 is 23.7 Å². The van der Waals surface area contributed by atoms with E-state index in [2.05, 4.69) is 86.6 Å². The topological polar surface area (TPSA) is 57.2 Å². The van der Waals surface area contributed by atoms with E-state index in [-0.39, 0.29) is 12.4 Å². The first kappa shape index (κ1) is 27.5. The van der Waals surface area contributed by atoms with Gasteiger partial charge in [-0.05, 0) is 92.1 Å². The van der Waals surface area contributed by atoms with Gasteiger partial charge in [0.2, 0.25) is 0 Å². The van der Waals surface area contributed by atoms with Crippen molar-refractivity contribution in [2.45, 2.75) is 116 Å². The van der Waals surface area contributed by atoms with E-state index in [1.165, 1.54) is 5.56 Å². The Morgan fingerprint density at radius 2 is 1.32 bits per heavy atom. The lowest BCUT2D eigenvalue weighted by Gasteiger charge is -2.32. The van der Waals surface area contributed by atoms with Gasteiger partial charge in [-0.25, -0.2) is 0 Å². The summed E-state index contributed by atoms with van der Waals surface area (Å²) in [6, 6.07) is 10.5. The first-order valence-corrected chi connectivity index (χ1v) is 12.8. The third-order valence-electron chi connectivity index (χ3n) is 8.34. The number of rotatable bonds is 9. The molecule has 188 valence electrons. The second-order valence-electron chi connectivity index (χ2n) is 11.7. The molecular weight excluding hydrogens is 426 g/mol. The van der Waals surface area contributed by atoms with Crippen LogP contribution in [0.2, 0.25) is 5.82 Å². The van der Waals surface area contributed by atoms with E-state index in [4.69, 9.17) is 18.6 Å².